The van der Waals surface area contributed by atoms with E-state index in [1.165, 1.54) is 18.2 Å². The molecule has 11 heteroatoms. The van der Waals surface area contributed by atoms with Crippen LogP contribution in [0.1, 0.15) is 40.0 Å². The zero-order chi connectivity index (χ0) is 22.5. The molecule has 0 radical (unpaired) electrons. The minimum atomic E-state index is -4.10. The van der Waals surface area contributed by atoms with Crippen LogP contribution in [0.15, 0.2) is 46.4 Å². The van der Waals surface area contributed by atoms with Crippen molar-refractivity contribution in [2.24, 2.45) is 10.3 Å². The van der Waals surface area contributed by atoms with Crippen LogP contribution in [-0.2, 0) is 20.0 Å². The number of carbonyl (C=O) groups excluding carboxylic acids is 2. The third-order valence-corrected chi connectivity index (χ3v) is 7.98. The van der Waals surface area contributed by atoms with Crippen LogP contribution < -0.4 is 10.3 Å². The van der Waals surface area contributed by atoms with Gasteiger partial charge in [0.05, 0.1) is 4.90 Å². The van der Waals surface area contributed by atoms with Gasteiger partial charge in [-0.1, -0.05) is 12.2 Å². The summed E-state index contributed by atoms with van der Waals surface area (Å²) >= 11 is 0. The third-order valence-electron chi connectivity index (χ3n) is 5.45. The molecule has 2 aliphatic carbocycles. The van der Waals surface area contributed by atoms with Crippen molar-refractivity contribution < 1.29 is 26.4 Å². The van der Waals surface area contributed by atoms with Gasteiger partial charge in [0.25, 0.3) is 0 Å². The number of benzene rings is 1. The van der Waals surface area contributed by atoms with E-state index < -0.39 is 36.4 Å². The summed E-state index contributed by atoms with van der Waals surface area (Å²) in [6, 6.07) is 3.45. The second-order valence-electron chi connectivity index (χ2n) is 7.83. The maximum absolute atomic E-state index is 13.1. The highest BCUT2D eigenvalue weighted by molar-refractivity contribution is 7.90. The Morgan fingerprint density at radius 3 is 2.27 bits per heavy atom. The summed E-state index contributed by atoms with van der Waals surface area (Å²) in [4.78, 5) is 27.6. The Bertz CT molecular complexity index is 1210. The number of hydrogen-bond donors (Lipinski definition) is 2. The molecule has 0 bridgehead atoms. The molecule has 1 aromatic carbocycles. The van der Waals surface area contributed by atoms with Gasteiger partial charge in [0, 0.05) is 28.7 Å². The van der Waals surface area contributed by atoms with E-state index in [2.05, 4.69) is 0 Å². The number of hydrogen-bond acceptors (Lipinski definition) is 7. The van der Waals surface area contributed by atoms with Gasteiger partial charge >= 0.3 is 0 Å². The molecule has 1 atom stereocenters. The molecule has 4 N–H and O–H groups in total. The summed E-state index contributed by atoms with van der Waals surface area (Å²) in [6.07, 6.45) is 3.16. The number of rotatable bonds is 6. The van der Waals surface area contributed by atoms with Crippen molar-refractivity contribution in [1.29, 1.82) is 0 Å². The Hall–Kier alpha value is -2.18. The molecule has 0 heterocycles. The molecule has 30 heavy (non-hydrogen) atoms. The summed E-state index contributed by atoms with van der Waals surface area (Å²) in [5.74, 6) is -1.08. The summed E-state index contributed by atoms with van der Waals surface area (Å²) in [5, 5.41) is 10.7. The van der Waals surface area contributed by atoms with E-state index in [1.807, 2.05) is 19.0 Å². The molecular formula is C19H23N3O6S2. The SMILES string of the molecule is CN(C)CCCC1(S(N)(=O)=O)C=CC2=C(C1)C(=O)c1cc(S(N)(=O)=O)ccc1C2=O. The molecule has 0 fully saturated rings. The highest BCUT2D eigenvalue weighted by atomic mass is 32.2. The highest BCUT2D eigenvalue weighted by Crippen LogP contribution is 2.41. The van der Waals surface area contributed by atoms with E-state index in [1.54, 1.807) is 0 Å². The second kappa shape index (κ2) is 7.50. The van der Waals surface area contributed by atoms with Crippen molar-refractivity contribution in [2.75, 3.05) is 20.6 Å². The van der Waals surface area contributed by atoms with Gasteiger partial charge in [-0.25, -0.2) is 27.1 Å². The maximum Gasteiger partial charge on any atom is 0.238 e. The Labute approximate surface area is 175 Å². The fourth-order valence-corrected chi connectivity index (χ4v) is 5.37. The molecule has 9 nitrogen and oxygen atoms in total. The van der Waals surface area contributed by atoms with Gasteiger partial charge < -0.3 is 4.90 Å². The molecule has 0 spiro atoms. The number of carbonyl (C=O) groups is 2. The molecule has 0 saturated heterocycles. The Morgan fingerprint density at radius 1 is 1.03 bits per heavy atom. The molecule has 0 saturated carbocycles. The lowest BCUT2D eigenvalue weighted by atomic mass is 9.76. The van der Waals surface area contributed by atoms with Gasteiger partial charge in [-0.15, -0.1) is 0 Å². The van der Waals surface area contributed by atoms with Crippen LogP contribution in [0.4, 0.5) is 0 Å². The minimum Gasteiger partial charge on any atom is -0.309 e. The smallest absolute Gasteiger partial charge is 0.238 e. The Morgan fingerprint density at radius 2 is 1.70 bits per heavy atom. The monoisotopic (exact) mass is 453 g/mol. The van der Waals surface area contributed by atoms with Crippen molar-refractivity contribution in [3.63, 3.8) is 0 Å². The van der Waals surface area contributed by atoms with E-state index in [4.69, 9.17) is 10.3 Å². The van der Waals surface area contributed by atoms with E-state index in [9.17, 15) is 26.4 Å². The van der Waals surface area contributed by atoms with E-state index in [-0.39, 0.29) is 40.0 Å². The lowest BCUT2D eigenvalue weighted by Gasteiger charge is -2.34. The van der Waals surface area contributed by atoms with Gasteiger partial charge in [-0.2, -0.15) is 0 Å². The van der Waals surface area contributed by atoms with Crippen LogP contribution >= 0.6 is 0 Å². The maximum atomic E-state index is 13.1. The average molecular weight is 454 g/mol. The number of nitrogens with two attached hydrogens (primary N) is 2. The molecule has 0 amide bonds. The molecule has 1 unspecified atom stereocenters. The lowest BCUT2D eigenvalue weighted by molar-refractivity contribution is 0.0972. The first-order chi connectivity index (χ1) is 13.8. The quantitative estimate of drug-likeness (QED) is 0.628. The van der Waals surface area contributed by atoms with Gasteiger partial charge in [-0.05, 0) is 51.7 Å². The molecule has 3 rings (SSSR count). The molecule has 162 valence electrons. The number of fused-ring (bicyclic) bond motifs is 1. The highest BCUT2D eigenvalue weighted by Gasteiger charge is 2.46. The fourth-order valence-electron chi connectivity index (χ4n) is 3.80. The van der Waals surface area contributed by atoms with Gasteiger partial charge in [0.15, 0.2) is 11.6 Å². The standard InChI is InChI=1S/C19H23N3O6S2/c1-22(2)9-3-7-19(30(21,27)28)8-6-14-16(11-19)18(24)15-10-12(29(20,25)26)4-5-13(15)17(14)23/h4-6,8,10H,3,7,9,11H2,1-2H3,(H2,20,25,26)(H2,21,27,28). The van der Waals surface area contributed by atoms with Gasteiger partial charge in [0.2, 0.25) is 20.0 Å². The number of nitrogens with zero attached hydrogens (tertiary/aromatic N) is 1. The molecule has 0 aliphatic heterocycles. The summed E-state index contributed by atoms with van der Waals surface area (Å²) in [5.41, 5.74) is 0.0480. The normalized spacial score (nSPS) is 21.8. The summed E-state index contributed by atoms with van der Waals surface area (Å²) in [6.45, 7) is 0.616. The van der Waals surface area contributed by atoms with E-state index in [0.29, 0.717) is 13.0 Å². The van der Waals surface area contributed by atoms with Crippen molar-refractivity contribution in [3.05, 3.63) is 52.6 Å². The minimum absolute atomic E-state index is 0.0143. The van der Waals surface area contributed by atoms with Crippen LogP contribution in [0.5, 0.6) is 0 Å². The Balaban J connectivity index is 2.06. The number of sulfonamides is 2. The zero-order valence-electron chi connectivity index (χ0n) is 16.6. The third kappa shape index (κ3) is 3.91. The number of Topliss-reactive ketones (excluding diaryl/α,β-unsaturated/α-hetero) is 2. The van der Waals surface area contributed by atoms with Crippen LogP contribution in [0.2, 0.25) is 0 Å². The molecule has 1 aromatic rings. The molecular weight excluding hydrogens is 430 g/mol. The molecule has 2 aliphatic rings. The predicted molar refractivity (Wildman–Crippen MR) is 111 cm³/mol. The largest absolute Gasteiger partial charge is 0.309 e. The van der Waals surface area contributed by atoms with Crippen LogP contribution in [-0.4, -0.2) is 58.7 Å². The first-order valence-corrected chi connectivity index (χ1v) is 12.2. The Kier molecular flexibility index (Phi) is 5.63. The fraction of sp³-hybridized carbons (Fsp3) is 0.368. The van der Waals surface area contributed by atoms with Crippen LogP contribution in [0.25, 0.3) is 0 Å². The first-order valence-electron chi connectivity index (χ1n) is 9.12. The molecule has 0 aromatic heterocycles. The van der Waals surface area contributed by atoms with E-state index >= 15 is 0 Å². The van der Waals surface area contributed by atoms with Crippen molar-refractivity contribution in [2.45, 2.75) is 28.9 Å². The van der Waals surface area contributed by atoms with Gasteiger partial charge in [-0.3, -0.25) is 9.59 Å². The number of primary sulfonamides is 2. The van der Waals surface area contributed by atoms with Crippen LogP contribution in [0, 0.1) is 0 Å². The zero-order valence-corrected chi connectivity index (χ0v) is 18.2. The number of allylic oxidation sites excluding steroid dienone is 3. The number of ketones is 2. The first kappa shape index (κ1) is 22.5. The van der Waals surface area contributed by atoms with Crippen molar-refractivity contribution >= 4 is 31.6 Å². The lowest BCUT2D eigenvalue weighted by Crippen LogP contribution is -2.45. The summed E-state index contributed by atoms with van der Waals surface area (Å²) < 4.78 is 46.7. The average Bonchev–Trinajstić information content (AvgIpc) is 2.63. The van der Waals surface area contributed by atoms with E-state index in [0.717, 1.165) is 12.1 Å². The van der Waals surface area contributed by atoms with Gasteiger partial charge in [0.1, 0.15) is 4.75 Å². The van der Waals surface area contributed by atoms with Crippen molar-refractivity contribution in [1.82, 2.24) is 4.90 Å². The topological polar surface area (TPSA) is 158 Å². The van der Waals surface area contributed by atoms with Crippen molar-refractivity contribution in [3.8, 4) is 0 Å². The van der Waals surface area contributed by atoms with Crippen LogP contribution in [0.3, 0.4) is 0 Å². The second-order valence-corrected chi connectivity index (χ2v) is 11.3. The predicted octanol–water partition coefficient (Wildman–Crippen LogP) is 0.339. The summed E-state index contributed by atoms with van der Waals surface area (Å²) in [7, 11) is -4.49.